The van der Waals surface area contributed by atoms with E-state index in [1.54, 1.807) is 0 Å². The predicted octanol–water partition coefficient (Wildman–Crippen LogP) is 3.89. The quantitative estimate of drug-likeness (QED) is 0.577. The van der Waals surface area contributed by atoms with Gasteiger partial charge in [-0.1, -0.05) is 60.7 Å². The number of hydrogen-bond acceptors (Lipinski definition) is 4. The van der Waals surface area contributed by atoms with Crippen LogP contribution in [0.2, 0.25) is 0 Å². The maximum atomic E-state index is 3.67. The molecule has 0 fully saturated rings. The van der Waals surface area contributed by atoms with Crippen molar-refractivity contribution in [2.75, 3.05) is 52.2 Å². The van der Waals surface area contributed by atoms with Crippen LogP contribution in [0.25, 0.3) is 34.1 Å². The van der Waals surface area contributed by atoms with Crippen molar-refractivity contribution in [2.45, 2.75) is 6.42 Å². The van der Waals surface area contributed by atoms with Crippen molar-refractivity contribution < 1.29 is 0 Å². The minimum Gasteiger partial charge on any atom is -0.372 e. The Hall–Kier alpha value is -3.08. The highest BCUT2D eigenvalue weighted by molar-refractivity contribution is 6.05. The first-order valence-corrected chi connectivity index (χ1v) is 10.8. The van der Waals surface area contributed by atoms with Gasteiger partial charge >= 0.3 is 0 Å². The van der Waals surface area contributed by atoms with Crippen molar-refractivity contribution in [1.82, 2.24) is 9.80 Å². The van der Waals surface area contributed by atoms with Crippen LogP contribution in [0, 0.1) is 0 Å². The van der Waals surface area contributed by atoms with Crippen molar-refractivity contribution in [3.8, 4) is 11.1 Å². The van der Waals surface area contributed by atoms with Gasteiger partial charge in [0.05, 0.1) is 13.3 Å². The summed E-state index contributed by atoms with van der Waals surface area (Å²) < 4.78 is 0. The molecule has 0 bridgehead atoms. The average Bonchev–Trinajstić information content (AvgIpc) is 3.01. The summed E-state index contributed by atoms with van der Waals surface area (Å²) in [6.45, 7) is 1.55. The van der Waals surface area contributed by atoms with Gasteiger partial charge < -0.3 is 10.6 Å². The largest absolute Gasteiger partial charge is 0.372 e. The highest BCUT2D eigenvalue weighted by Crippen LogP contribution is 2.37. The summed E-state index contributed by atoms with van der Waals surface area (Å²) >= 11 is 0. The molecule has 2 N–H and O–H groups in total. The Bertz CT molecular complexity index is 1220. The molecular formula is C27H32N4. The standard InChI is InChI=1S/C27H32N4/c1-30(2)18-28-24-16-14-20-10-6-5-7-12-22(20)26(24)27-23-13-9-8-11-21(23)15-17-25(27)29-19-31(3)4/h5-6,8-17,28-29H,7,18-19H2,1-4H3. The van der Waals surface area contributed by atoms with E-state index in [0.717, 1.165) is 31.1 Å². The third-order valence-electron chi connectivity index (χ3n) is 5.50. The number of rotatable bonds is 7. The molecule has 0 heterocycles. The molecule has 0 aromatic heterocycles. The predicted molar refractivity (Wildman–Crippen MR) is 136 cm³/mol. The van der Waals surface area contributed by atoms with Gasteiger partial charge in [0.2, 0.25) is 0 Å². The van der Waals surface area contributed by atoms with Gasteiger partial charge in [-0.25, -0.2) is 0 Å². The first kappa shape index (κ1) is 21.2. The molecule has 4 heteroatoms. The van der Waals surface area contributed by atoms with E-state index >= 15 is 0 Å². The number of nitrogens with zero attached hydrogens (tertiary/aromatic N) is 2. The summed E-state index contributed by atoms with van der Waals surface area (Å²) in [4.78, 5) is 4.31. The van der Waals surface area contributed by atoms with E-state index < -0.39 is 0 Å². The van der Waals surface area contributed by atoms with Crippen LogP contribution < -0.4 is 21.1 Å². The van der Waals surface area contributed by atoms with E-state index in [1.165, 1.54) is 32.3 Å². The zero-order chi connectivity index (χ0) is 21.8. The second kappa shape index (κ2) is 9.38. The van der Waals surface area contributed by atoms with Gasteiger partial charge in [0, 0.05) is 22.5 Å². The van der Waals surface area contributed by atoms with Crippen LogP contribution in [0.3, 0.4) is 0 Å². The smallest absolute Gasteiger partial charge is 0.0673 e. The van der Waals surface area contributed by atoms with E-state index in [-0.39, 0.29) is 0 Å². The van der Waals surface area contributed by atoms with Crippen LogP contribution in [0.4, 0.5) is 11.4 Å². The van der Waals surface area contributed by atoms with Gasteiger partial charge in [-0.05, 0) is 68.0 Å². The Morgan fingerprint density at radius 2 is 1.45 bits per heavy atom. The molecule has 0 unspecified atom stereocenters. The van der Waals surface area contributed by atoms with Crippen LogP contribution in [-0.2, 0) is 0 Å². The molecule has 0 saturated heterocycles. The second-order valence-corrected chi connectivity index (χ2v) is 8.56. The van der Waals surface area contributed by atoms with E-state index in [0.29, 0.717) is 0 Å². The van der Waals surface area contributed by atoms with Crippen LogP contribution in [0.15, 0.2) is 60.7 Å². The molecule has 1 aliphatic carbocycles. The maximum Gasteiger partial charge on any atom is 0.0673 e. The normalized spacial score (nSPS) is 13.0. The van der Waals surface area contributed by atoms with Gasteiger partial charge in [-0.15, -0.1) is 0 Å². The van der Waals surface area contributed by atoms with Gasteiger partial charge in [0.1, 0.15) is 0 Å². The summed E-state index contributed by atoms with van der Waals surface area (Å²) in [6, 6.07) is 17.5. The number of allylic oxidation sites excluding steroid dienone is 2. The van der Waals surface area contributed by atoms with Crippen LogP contribution >= 0.6 is 0 Å². The zero-order valence-corrected chi connectivity index (χ0v) is 18.9. The molecule has 1 aliphatic rings. The fourth-order valence-corrected chi connectivity index (χ4v) is 4.03. The number of anilines is 2. The van der Waals surface area contributed by atoms with Crippen LogP contribution in [0.1, 0.15) is 6.42 Å². The number of benzene rings is 3. The summed E-state index contributed by atoms with van der Waals surface area (Å²) in [6.07, 6.45) is 9.87. The van der Waals surface area contributed by atoms with Crippen molar-refractivity contribution in [3.05, 3.63) is 71.1 Å². The van der Waals surface area contributed by atoms with Gasteiger partial charge in [-0.2, -0.15) is 0 Å². The SMILES string of the molecule is CN(C)CNc1ccc2c(c1-c1c(NCN(C)C)ccc3ccccc13)=CCC=CC=2. The Kier molecular flexibility index (Phi) is 6.40. The summed E-state index contributed by atoms with van der Waals surface area (Å²) in [5.41, 5.74) is 4.82. The van der Waals surface area contributed by atoms with Gasteiger partial charge in [0.15, 0.2) is 0 Å². The highest BCUT2D eigenvalue weighted by Gasteiger charge is 2.16. The van der Waals surface area contributed by atoms with E-state index in [4.69, 9.17) is 0 Å². The van der Waals surface area contributed by atoms with E-state index in [1.807, 2.05) is 0 Å². The Balaban J connectivity index is 2.04. The first-order chi connectivity index (χ1) is 15.0. The van der Waals surface area contributed by atoms with Crippen molar-refractivity contribution in [1.29, 1.82) is 0 Å². The summed E-state index contributed by atoms with van der Waals surface area (Å²) in [5, 5.41) is 12.4. The topological polar surface area (TPSA) is 30.5 Å². The van der Waals surface area contributed by atoms with Crippen LogP contribution in [0.5, 0.6) is 0 Å². The number of hydrogen-bond donors (Lipinski definition) is 2. The van der Waals surface area contributed by atoms with Crippen molar-refractivity contribution >= 4 is 34.3 Å². The number of nitrogens with one attached hydrogen (secondary N) is 2. The lowest BCUT2D eigenvalue weighted by Crippen LogP contribution is -2.29. The fourth-order valence-electron chi connectivity index (χ4n) is 4.03. The minimum atomic E-state index is 0.776. The third kappa shape index (κ3) is 4.66. The lowest BCUT2D eigenvalue weighted by molar-refractivity contribution is 0.440. The molecular weight excluding hydrogens is 380 g/mol. The lowest BCUT2D eigenvalue weighted by Gasteiger charge is -2.22. The minimum absolute atomic E-state index is 0.776. The summed E-state index contributed by atoms with van der Waals surface area (Å²) in [7, 11) is 8.34. The second-order valence-electron chi connectivity index (χ2n) is 8.56. The molecule has 3 aromatic carbocycles. The molecule has 0 spiro atoms. The molecule has 0 atom stereocenters. The fraction of sp³-hybridized carbons (Fsp3) is 0.259. The Morgan fingerprint density at radius 3 is 2.19 bits per heavy atom. The number of fused-ring (bicyclic) bond motifs is 2. The first-order valence-electron chi connectivity index (χ1n) is 10.8. The monoisotopic (exact) mass is 412 g/mol. The molecule has 4 rings (SSSR count). The molecule has 31 heavy (non-hydrogen) atoms. The Morgan fingerprint density at radius 1 is 0.774 bits per heavy atom. The molecule has 0 radical (unpaired) electrons. The van der Waals surface area contributed by atoms with E-state index in [9.17, 15) is 0 Å². The van der Waals surface area contributed by atoms with Gasteiger partial charge in [0.25, 0.3) is 0 Å². The zero-order valence-electron chi connectivity index (χ0n) is 18.9. The summed E-state index contributed by atoms with van der Waals surface area (Å²) in [5.74, 6) is 0. The van der Waals surface area contributed by atoms with E-state index in [2.05, 4.69) is 121 Å². The average molecular weight is 413 g/mol. The molecule has 3 aromatic rings. The van der Waals surface area contributed by atoms with Crippen molar-refractivity contribution in [3.63, 3.8) is 0 Å². The molecule has 4 nitrogen and oxygen atoms in total. The van der Waals surface area contributed by atoms with Gasteiger partial charge in [-0.3, -0.25) is 9.80 Å². The van der Waals surface area contributed by atoms with Crippen LogP contribution in [-0.4, -0.2) is 51.3 Å². The molecule has 160 valence electrons. The highest BCUT2D eigenvalue weighted by atomic mass is 15.2. The molecule has 0 aliphatic heterocycles. The third-order valence-corrected chi connectivity index (χ3v) is 5.50. The Labute approximate surface area is 185 Å². The lowest BCUT2D eigenvalue weighted by atomic mass is 9.92. The van der Waals surface area contributed by atoms with Crippen molar-refractivity contribution in [2.24, 2.45) is 0 Å². The maximum absolute atomic E-state index is 3.67. The molecule has 0 amide bonds. The molecule has 0 saturated carbocycles.